The molecule has 98 valence electrons. The Kier molecular flexibility index (Phi) is 3.29. The van der Waals surface area contributed by atoms with Crippen molar-refractivity contribution in [1.29, 1.82) is 0 Å². The molecule has 1 saturated heterocycles. The zero-order valence-electron chi connectivity index (χ0n) is 11.4. The van der Waals surface area contributed by atoms with Gasteiger partial charge in [0.2, 0.25) is 0 Å². The van der Waals surface area contributed by atoms with Crippen LogP contribution >= 0.6 is 0 Å². The highest BCUT2D eigenvalue weighted by Crippen LogP contribution is 2.35. The number of hydrogen-bond donors (Lipinski definition) is 1. The Morgan fingerprint density at radius 2 is 2.28 bits per heavy atom. The van der Waals surface area contributed by atoms with Gasteiger partial charge in [-0.25, -0.2) is 0 Å². The third-order valence-electron chi connectivity index (χ3n) is 4.21. The van der Waals surface area contributed by atoms with Crippen molar-refractivity contribution < 1.29 is 4.74 Å². The summed E-state index contributed by atoms with van der Waals surface area (Å²) < 4.78 is 5.59. The van der Waals surface area contributed by atoms with Gasteiger partial charge in [0.15, 0.2) is 0 Å². The van der Waals surface area contributed by atoms with Gasteiger partial charge in [0.25, 0.3) is 0 Å². The Hall–Kier alpha value is -1.02. The van der Waals surface area contributed by atoms with E-state index in [-0.39, 0.29) is 0 Å². The molecule has 0 aromatic heterocycles. The average molecular weight is 245 g/mol. The van der Waals surface area contributed by atoms with E-state index >= 15 is 0 Å². The van der Waals surface area contributed by atoms with Gasteiger partial charge in [-0.3, -0.25) is 0 Å². The molecular weight excluding hydrogens is 222 g/mol. The molecule has 0 spiro atoms. The highest BCUT2D eigenvalue weighted by molar-refractivity contribution is 5.41. The van der Waals surface area contributed by atoms with E-state index in [4.69, 9.17) is 4.74 Å². The smallest absolute Gasteiger partial charge is 0.122 e. The molecule has 2 atom stereocenters. The summed E-state index contributed by atoms with van der Waals surface area (Å²) in [7, 11) is 0. The minimum atomic E-state index is 0.658. The molecule has 0 amide bonds. The SMILES string of the molecule is CC(C)CC1NCCC1c1ccc2c(c1)CCO2. The first-order valence-electron chi connectivity index (χ1n) is 7.23. The first-order valence-corrected chi connectivity index (χ1v) is 7.23. The van der Waals surface area contributed by atoms with Gasteiger partial charge in [-0.2, -0.15) is 0 Å². The topological polar surface area (TPSA) is 21.3 Å². The lowest BCUT2D eigenvalue weighted by molar-refractivity contribution is 0.356. The number of benzene rings is 1. The van der Waals surface area contributed by atoms with Gasteiger partial charge in [-0.15, -0.1) is 0 Å². The van der Waals surface area contributed by atoms with Crippen LogP contribution in [0.1, 0.15) is 43.7 Å². The molecule has 2 nitrogen and oxygen atoms in total. The third kappa shape index (κ3) is 2.26. The van der Waals surface area contributed by atoms with Gasteiger partial charge in [-0.05, 0) is 42.5 Å². The van der Waals surface area contributed by atoms with Crippen LogP contribution in [0.3, 0.4) is 0 Å². The van der Waals surface area contributed by atoms with Crippen LogP contribution in [0.15, 0.2) is 18.2 Å². The van der Waals surface area contributed by atoms with Crippen molar-refractivity contribution >= 4 is 0 Å². The molecule has 2 aliphatic rings. The standard InChI is InChI=1S/C16H23NO/c1-11(2)9-15-14(5-7-17-15)12-3-4-16-13(10-12)6-8-18-16/h3-4,10-11,14-15,17H,5-9H2,1-2H3. The monoisotopic (exact) mass is 245 g/mol. The van der Waals surface area contributed by atoms with Crippen LogP contribution in [-0.2, 0) is 6.42 Å². The molecule has 0 bridgehead atoms. The van der Waals surface area contributed by atoms with Gasteiger partial charge >= 0.3 is 0 Å². The molecular formula is C16H23NO. The van der Waals surface area contributed by atoms with Gasteiger partial charge in [0, 0.05) is 18.4 Å². The molecule has 1 aromatic carbocycles. The molecule has 1 aromatic rings. The zero-order valence-corrected chi connectivity index (χ0v) is 11.4. The summed E-state index contributed by atoms with van der Waals surface area (Å²) in [6.45, 7) is 6.65. The van der Waals surface area contributed by atoms with Crippen molar-refractivity contribution in [1.82, 2.24) is 5.32 Å². The molecule has 0 radical (unpaired) electrons. The first-order chi connectivity index (χ1) is 8.74. The molecule has 1 fully saturated rings. The quantitative estimate of drug-likeness (QED) is 0.883. The maximum Gasteiger partial charge on any atom is 0.122 e. The molecule has 2 aliphatic heterocycles. The highest BCUT2D eigenvalue weighted by Gasteiger charge is 2.29. The first kappa shape index (κ1) is 12.0. The second-order valence-electron chi connectivity index (χ2n) is 6.05. The fourth-order valence-corrected chi connectivity index (χ4v) is 3.36. The number of ether oxygens (including phenoxy) is 1. The summed E-state index contributed by atoms with van der Waals surface area (Å²) >= 11 is 0. The van der Waals surface area contributed by atoms with Crippen molar-refractivity contribution in [2.75, 3.05) is 13.2 Å². The lowest BCUT2D eigenvalue weighted by Gasteiger charge is -2.22. The molecule has 18 heavy (non-hydrogen) atoms. The predicted octanol–water partition coefficient (Wildman–Crippen LogP) is 3.11. The van der Waals surface area contributed by atoms with Crippen LogP contribution in [-0.4, -0.2) is 19.2 Å². The van der Waals surface area contributed by atoms with Crippen LogP contribution in [0, 0.1) is 5.92 Å². The fourth-order valence-electron chi connectivity index (χ4n) is 3.36. The Morgan fingerprint density at radius 3 is 3.11 bits per heavy atom. The molecule has 0 aliphatic carbocycles. The van der Waals surface area contributed by atoms with Crippen molar-refractivity contribution in [2.24, 2.45) is 5.92 Å². The normalized spacial score (nSPS) is 26.4. The van der Waals surface area contributed by atoms with Gasteiger partial charge in [0.05, 0.1) is 6.61 Å². The summed E-state index contributed by atoms with van der Waals surface area (Å²) in [4.78, 5) is 0. The Bertz CT molecular complexity index is 427. The van der Waals surface area contributed by atoms with E-state index in [2.05, 4.69) is 37.4 Å². The molecule has 2 heterocycles. The van der Waals surface area contributed by atoms with E-state index in [9.17, 15) is 0 Å². The summed E-state index contributed by atoms with van der Waals surface area (Å²) in [5, 5.41) is 3.67. The summed E-state index contributed by atoms with van der Waals surface area (Å²) in [5.74, 6) is 2.56. The molecule has 2 heteroatoms. The second kappa shape index (κ2) is 4.93. The van der Waals surface area contributed by atoms with Gasteiger partial charge < -0.3 is 10.1 Å². The van der Waals surface area contributed by atoms with E-state index in [1.165, 1.54) is 24.0 Å². The Balaban J connectivity index is 1.81. The predicted molar refractivity (Wildman–Crippen MR) is 74.2 cm³/mol. The van der Waals surface area contributed by atoms with E-state index in [1.54, 1.807) is 0 Å². The number of hydrogen-bond acceptors (Lipinski definition) is 2. The molecule has 3 rings (SSSR count). The summed E-state index contributed by atoms with van der Waals surface area (Å²) in [6, 6.07) is 7.48. The van der Waals surface area contributed by atoms with E-state index < -0.39 is 0 Å². The minimum Gasteiger partial charge on any atom is -0.493 e. The van der Waals surface area contributed by atoms with Gasteiger partial charge in [0.1, 0.15) is 5.75 Å². The highest BCUT2D eigenvalue weighted by atomic mass is 16.5. The number of fused-ring (bicyclic) bond motifs is 1. The Labute approximate surface area is 110 Å². The maximum absolute atomic E-state index is 5.59. The Morgan fingerprint density at radius 1 is 1.39 bits per heavy atom. The van der Waals surface area contributed by atoms with Crippen molar-refractivity contribution in [3.05, 3.63) is 29.3 Å². The second-order valence-corrected chi connectivity index (χ2v) is 6.05. The van der Waals surface area contributed by atoms with Crippen LogP contribution < -0.4 is 10.1 Å². The van der Waals surface area contributed by atoms with E-state index in [1.807, 2.05) is 0 Å². The average Bonchev–Trinajstić information content (AvgIpc) is 2.95. The zero-order chi connectivity index (χ0) is 12.5. The third-order valence-corrected chi connectivity index (χ3v) is 4.21. The lowest BCUT2D eigenvalue weighted by atomic mass is 9.86. The van der Waals surface area contributed by atoms with E-state index in [0.29, 0.717) is 12.0 Å². The minimum absolute atomic E-state index is 0.658. The number of nitrogens with one attached hydrogen (secondary N) is 1. The fraction of sp³-hybridized carbons (Fsp3) is 0.625. The largest absolute Gasteiger partial charge is 0.493 e. The molecule has 2 unspecified atom stereocenters. The van der Waals surface area contributed by atoms with E-state index in [0.717, 1.165) is 31.2 Å². The summed E-state index contributed by atoms with van der Waals surface area (Å²) in [5.41, 5.74) is 2.91. The lowest BCUT2D eigenvalue weighted by Crippen LogP contribution is -2.27. The summed E-state index contributed by atoms with van der Waals surface area (Å²) in [6.07, 6.45) is 3.63. The van der Waals surface area contributed by atoms with Crippen LogP contribution in [0.5, 0.6) is 5.75 Å². The van der Waals surface area contributed by atoms with Gasteiger partial charge in [-0.1, -0.05) is 26.0 Å². The van der Waals surface area contributed by atoms with Crippen LogP contribution in [0.25, 0.3) is 0 Å². The number of rotatable bonds is 3. The van der Waals surface area contributed by atoms with Crippen molar-refractivity contribution in [3.63, 3.8) is 0 Å². The maximum atomic E-state index is 5.59. The van der Waals surface area contributed by atoms with Crippen molar-refractivity contribution in [3.8, 4) is 5.75 Å². The van der Waals surface area contributed by atoms with Crippen LogP contribution in [0.4, 0.5) is 0 Å². The van der Waals surface area contributed by atoms with Crippen molar-refractivity contribution in [2.45, 2.75) is 45.1 Å². The molecule has 1 N–H and O–H groups in total. The molecule has 0 saturated carbocycles. The van der Waals surface area contributed by atoms with Crippen LogP contribution in [0.2, 0.25) is 0 Å².